The zero-order valence-corrected chi connectivity index (χ0v) is 13.8. The zero-order chi connectivity index (χ0) is 15.6. The smallest absolute Gasteiger partial charge is 0.244 e. The van der Waals surface area contributed by atoms with E-state index in [1.807, 2.05) is 6.07 Å². The second-order valence-corrected chi connectivity index (χ2v) is 7.76. The first kappa shape index (κ1) is 16.3. The maximum Gasteiger partial charge on any atom is 0.244 e. The van der Waals surface area contributed by atoms with Crippen LogP contribution in [0.3, 0.4) is 0 Å². The van der Waals surface area contributed by atoms with E-state index in [0.717, 1.165) is 15.4 Å². The van der Waals surface area contributed by atoms with Crippen LogP contribution in [-0.4, -0.2) is 32.4 Å². The van der Waals surface area contributed by atoms with Gasteiger partial charge in [0, 0.05) is 24.7 Å². The van der Waals surface area contributed by atoms with E-state index in [0.29, 0.717) is 17.6 Å². The molecule has 1 saturated carbocycles. The monoisotopic (exact) mass is 326 g/mol. The number of rotatable bonds is 6. The van der Waals surface area contributed by atoms with E-state index in [-0.39, 0.29) is 11.4 Å². The van der Waals surface area contributed by atoms with Crippen molar-refractivity contribution in [3.8, 4) is 12.3 Å². The molecule has 1 N–H and O–H groups in total. The summed E-state index contributed by atoms with van der Waals surface area (Å²) in [5.41, 5.74) is 1.62. The normalized spacial score (nSPS) is 15.2. The highest BCUT2D eigenvalue weighted by molar-refractivity contribution is 7.89. The minimum absolute atomic E-state index is 0.0317. The van der Waals surface area contributed by atoms with Crippen molar-refractivity contribution in [2.75, 3.05) is 13.6 Å². The number of nitrogens with one attached hydrogen (secondary N) is 1. The molecule has 0 atom stereocenters. The molecule has 0 bridgehead atoms. The van der Waals surface area contributed by atoms with Crippen LogP contribution in [0.2, 0.25) is 5.02 Å². The lowest BCUT2D eigenvalue weighted by Gasteiger charge is -2.18. The van der Waals surface area contributed by atoms with Crippen molar-refractivity contribution in [3.05, 3.63) is 28.3 Å². The fraction of sp³-hybridized carbons (Fsp3) is 0.467. The molecule has 0 saturated heterocycles. The van der Waals surface area contributed by atoms with Gasteiger partial charge in [-0.15, -0.1) is 6.42 Å². The molecule has 0 aliphatic heterocycles. The molecule has 1 aliphatic carbocycles. The molecular weight excluding hydrogens is 308 g/mol. The Morgan fingerprint density at radius 2 is 2.14 bits per heavy atom. The molecule has 0 unspecified atom stereocenters. The van der Waals surface area contributed by atoms with Gasteiger partial charge >= 0.3 is 0 Å². The van der Waals surface area contributed by atoms with Crippen molar-refractivity contribution in [2.45, 2.75) is 37.2 Å². The Bertz CT molecular complexity index is 676. The van der Waals surface area contributed by atoms with Crippen LogP contribution in [0.25, 0.3) is 0 Å². The van der Waals surface area contributed by atoms with Crippen molar-refractivity contribution in [1.29, 1.82) is 0 Å². The number of sulfonamides is 1. The molecule has 0 spiro atoms. The summed E-state index contributed by atoms with van der Waals surface area (Å²) < 4.78 is 26.3. The molecular formula is C15H19ClN2O2S. The summed E-state index contributed by atoms with van der Waals surface area (Å²) in [6.45, 7) is 2.46. The Kier molecular flexibility index (Phi) is 4.95. The Hall–Kier alpha value is -1.06. The Morgan fingerprint density at radius 1 is 1.48 bits per heavy atom. The molecule has 6 heteroatoms. The maximum absolute atomic E-state index is 12.5. The van der Waals surface area contributed by atoms with Crippen LogP contribution in [0.1, 0.15) is 24.0 Å². The highest BCUT2D eigenvalue weighted by atomic mass is 35.5. The molecule has 1 fully saturated rings. The number of hydrogen-bond acceptors (Lipinski definition) is 3. The van der Waals surface area contributed by atoms with Crippen LogP contribution in [0.5, 0.6) is 0 Å². The minimum atomic E-state index is -3.62. The third-order valence-corrected chi connectivity index (χ3v) is 5.74. The molecule has 0 heterocycles. The van der Waals surface area contributed by atoms with Crippen molar-refractivity contribution >= 4 is 21.6 Å². The van der Waals surface area contributed by atoms with Gasteiger partial charge in [0.25, 0.3) is 0 Å². The quantitative estimate of drug-likeness (QED) is 0.815. The van der Waals surface area contributed by atoms with E-state index in [1.54, 1.807) is 6.92 Å². The summed E-state index contributed by atoms with van der Waals surface area (Å²) in [4.78, 5) is 0.223. The number of terminal acetylenes is 1. The standard InChI is InChI=1S/C15H19ClN2O2S/c1-4-7-18(3)21(19,20)15-9-13(16)8-12(11(15)2)10-17-14-5-6-14/h1,8-9,14,17H,5-7,10H2,2-3H3. The summed E-state index contributed by atoms with van der Waals surface area (Å²) >= 11 is 6.09. The molecule has 1 aromatic carbocycles. The average Bonchev–Trinajstić information content (AvgIpc) is 3.23. The van der Waals surface area contributed by atoms with Crippen LogP contribution >= 0.6 is 11.6 Å². The first-order valence-electron chi connectivity index (χ1n) is 6.78. The van der Waals surface area contributed by atoms with Crippen molar-refractivity contribution < 1.29 is 8.42 Å². The Morgan fingerprint density at radius 3 is 2.71 bits per heavy atom. The van der Waals surface area contributed by atoms with Gasteiger partial charge in [0.2, 0.25) is 10.0 Å². The summed E-state index contributed by atoms with van der Waals surface area (Å²) in [5.74, 6) is 2.34. The zero-order valence-electron chi connectivity index (χ0n) is 12.2. The number of benzene rings is 1. The topological polar surface area (TPSA) is 49.4 Å². The van der Waals surface area contributed by atoms with Crippen LogP contribution in [0, 0.1) is 19.3 Å². The largest absolute Gasteiger partial charge is 0.310 e. The van der Waals surface area contributed by atoms with Crippen molar-refractivity contribution in [1.82, 2.24) is 9.62 Å². The summed E-state index contributed by atoms with van der Waals surface area (Å²) in [7, 11) is -2.15. The van der Waals surface area contributed by atoms with E-state index in [9.17, 15) is 8.42 Å². The maximum atomic E-state index is 12.5. The van der Waals surface area contributed by atoms with Gasteiger partial charge in [0.05, 0.1) is 11.4 Å². The van der Waals surface area contributed by atoms with Gasteiger partial charge in [0.15, 0.2) is 0 Å². The van der Waals surface area contributed by atoms with E-state index >= 15 is 0 Å². The number of nitrogens with zero attached hydrogens (tertiary/aromatic N) is 1. The van der Waals surface area contributed by atoms with Gasteiger partial charge in [-0.3, -0.25) is 0 Å². The highest BCUT2D eigenvalue weighted by Crippen LogP contribution is 2.27. The first-order chi connectivity index (χ1) is 9.86. The fourth-order valence-electron chi connectivity index (χ4n) is 2.08. The van der Waals surface area contributed by atoms with Gasteiger partial charge in [-0.25, -0.2) is 8.42 Å². The second-order valence-electron chi connectivity index (χ2n) is 5.31. The van der Waals surface area contributed by atoms with Crippen LogP contribution in [0.15, 0.2) is 17.0 Å². The predicted octanol–water partition coefficient (Wildman–Crippen LogP) is 2.15. The molecule has 1 aromatic rings. The molecule has 1 aliphatic rings. The number of hydrogen-bond donors (Lipinski definition) is 1. The average molecular weight is 327 g/mol. The minimum Gasteiger partial charge on any atom is -0.310 e. The summed E-state index contributed by atoms with van der Waals surface area (Å²) in [6.07, 6.45) is 7.55. The van der Waals surface area contributed by atoms with Crippen molar-refractivity contribution in [2.24, 2.45) is 0 Å². The van der Waals surface area contributed by atoms with Gasteiger partial charge in [0.1, 0.15) is 0 Å². The SMILES string of the molecule is C#CCN(C)S(=O)(=O)c1cc(Cl)cc(CNC2CC2)c1C. The number of halogens is 1. The van der Waals surface area contributed by atoms with E-state index in [4.69, 9.17) is 18.0 Å². The second kappa shape index (κ2) is 6.37. The molecule has 2 rings (SSSR count). The molecule has 0 aromatic heterocycles. The van der Waals surface area contributed by atoms with Gasteiger partial charge in [-0.05, 0) is 43.0 Å². The molecule has 4 nitrogen and oxygen atoms in total. The molecule has 0 amide bonds. The highest BCUT2D eigenvalue weighted by Gasteiger charge is 2.25. The van der Waals surface area contributed by atoms with Crippen LogP contribution in [0.4, 0.5) is 0 Å². The lowest BCUT2D eigenvalue weighted by Crippen LogP contribution is -2.28. The van der Waals surface area contributed by atoms with Crippen LogP contribution in [-0.2, 0) is 16.6 Å². The summed E-state index contributed by atoms with van der Waals surface area (Å²) in [6, 6.07) is 3.85. The summed E-state index contributed by atoms with van der Waals surface area (Å²) in [5, 5.41) is 3.79. The van der Waals surface area contributed by atoms with Crippen molar-refractivity contribution in [3.63, 3.8) is 0 Å². The first-order valence-corrected chi connectivity index (χ1v) is 8.60. The third kappa shape index (κ3) is 3.78. The van der Waals surface area contributed by atoms with E-state index in [1.165, 1.54) is 26.0 Å². The van der Waals surface area contributed by atoms with Gasteiger partial charge in [-0.2, -0.15) is 4.31 Å². The van der Waals surface area contributed by atoms with E-state index < -0.39 is 10.0 Å². The van der Waals surface area contributed by atoms with Crippen LogP contribution < -0.4 is 5.32 Å². The van der Waals surface area contributed by atoms with Gasteiger partial charge in [-0.1, -0.05) is 17.5 Å². The van der Waals surface area contributed by atoms with E-state index in [2.05, 4.69) is 11.2 Å². The fourth-order valence-corrected chi connectivity index (χ4v) is 3.76. The lowest BCUT2D eigenvalue weighted by molar-refractivity contribution is 0.502. The molecule has 0 radical (unpaired) electrons. The molecule has 21 heavy (non-hydrogen) atoms. The predicted molar refractivity (Wildman–Crippen MR) is 84.7 cm³/mol. The Labute approximate surface area is 131 Å². The molecule has 114 valence electrons. The lowest BCUT2D eigenvalue weighted by atomic mass is 10.1. The third-order valence-electron chi connectivity index (χ3n) is 3.59. The Balaban J connectivity index is 2.36. The van der Waals surface area contributed by atoms with Gasteiger partial charge < -0.3 is 5.32 Å².